The van der Waals surface area contributed by atoms with Gasteiger partial charge in [0.15, 0.2) is 11.8 Å². The molecule has 2 heterocycles. The molecule has 1 aromatic rings. The van der Waals surface area contributed by atoms with E-state index >= 15 is 0 Å². The van der Waals surface area contributed by atoms with Crippen molar-refractivity contribution in [1.29, 1.82) is 0 Å². The molecule has 0 saturated carbocycles. The number of hydrogen-bond donors (Lipinski definition) is 2. The third-order valence-corrected chi connectivity index (χ3v) is 5.65. The number of aryl methyl sites for hydroxylation is 1. The van der Waals surface area contributed by atoms with E-state index in [1.54, 1.807) is 7.11 Å². The molecule has 0 spiro atoms. The first-order valence-electron chi connectivity index (χ1n) is 10.8. The molecule has 1 aliphatic heterocycles. The first kappa shape index (κ1) is 27.1. The fourth-order valence-corrected chi connectivity index (χ4v) is 3.63. The predicted octanol–water partition coefficient (Wildman–Crippen LogP) is 1.23. The smallest absolute Gasteiger partial charge is 0.191 e. The Hall–Kier alpha value is -0.980. The highest BCUT2D eigenvalue weighted by Gasteiger charge is 2.22. The van der Waals surface area contributed by atoms with E-state index in [-0.39, 0.29) is 24.0 Å². The number of likely N-dealkylation sites (tertiary alicyclic amines) is 1. The number of likely N-dealkylation sites (N-methyl/N-ethyl adjacent to an activating group) is 2. The predicted molar refractivity (Wildman–Crippen MR) is 133 cm³/mol. The van der Waals surface area contributed by atoms with Gasteiger partial charge >= 0.3 is 0 Å². The van der Waals surface area contributed by atoms with E-state index in [9.17, 15) is 0 Å². The zero-order valence-electron chi connectivity index (χ0n) is 19.4. The molecule has 1 fully saturated rings. The normalized spacial score (nSPS) is 17.4. The van der Waals surface area contributed by atoms with Gasteiger partial charge in [-0.2, -0.15) is 0 Å². The summed E-state index contributed by atoms with van der Waals surface area (Å²) in [7, 11) is 5.87. The van der Waals surface area contributed by atoms with Crippen LogP contribution in [0, 0.1) is 6.92 Å². The van der Waals surface area contributed by atoms with Crippen molar-refractivity contribution >= 4 is 29.9 Å². The second-order valence-corrected chi connectivity index (χ2v) is 7.77. The highest BCUT2D eigenvalue weighted by Crippen LogP contribution is 2.15. The molecule has 1 saturated heterocycles. The number of halogens is 1. The molecule has 10 heteroatoms. The van der Waals surface area contributed by atoms with Crippen molar-refractivity contribution in [1.82, 2.24) is 35.2 Å². The fraction of sp³-hybridized carbons (Fsp3) is 0.850. The summed E-state index contributed by atoms with van der Waals surface area (Å²) in [6.45, 7) is 11.6. The van der Waals surface area contributed by atoms with E-state index in [0.29, 0.717) is 12.6 Å². The van der Waals surface area contributed by atoms with Crippen LogP contribution in [0.1, 0.15) is 37.8 Å². The van der Waals surface area contributed by atoms with E-state index in [0.717, 1.165) is 63.4 Å². The Balaban J connectivity index is 0.00000450. The Kier molecular flexibility index (Phi) is 13.5. The van der Waals surface area contributed by atoms with E-state index in [1.165, 1.54) is 19.4 Å². The lowest BCUT2D eigenvalue weighted by molar-refractivity contribution is 0.180. The van der Waals surface area contributed by atoms with Crippen molar-refractivity contribution in [2.45, 2.75) is 45.7 Å². The first-order chi connectivity index (χ1) is 14.0. The number of guanidine groups is 1. The minimum absolute atomic E-state index is 0. The average Bonchev–Trinajstić information content (AvgIpc) is 3.30. The minimum Gasteiger partial charge on any atom is -0.385 e. The van der Waals surface area contributed by atoms with E-state index < -0.39 is 0 Å². The maximum atomic E-state index is 5.13. The lowest BCUT2D eigenvalue weighted by atomic mass is 10.2. The topological polar surface area (TPSA) is 82.8 Å². The van der Waals surface area contributed by atoms with Gasteiger partial charge in [0, 0.05) is 53.0 Å². The summed E-state index contributed by atoms with van der Waals surface area (Å²) in [6, 6.07) is 0.584. The Morgan fingerprint density at radius 2 is 2.10 bits per heavy atom. The van der Waals surface area contributed by atoms with Crippen LogP contribution < -0.4 is 10.6 Å². The summed E-state index contributed by atoms with van der Waals surface area (Å²) in [6.07, 6.45) is 3.58. The van der Waals surface area contributed by atoms with Gasteiger partial charge in [-0.3, -0.25) is 4.90 Å². The average molecular weight is 537 g/mol. The highest BCUT2D eigenvalue weighted by molar-refractivity contribution is 14.0. The number of aromatic nitrogens is 3. The summed E-state index contributed by atoms with van der Waals surface area (Å²) in [5.74, 6) is 2.62. The zero-order chi connectivity index (χ0) is 21.1. The van der Waals surface area contributed by atoms with Gasteiger partial charge in [-0.15, -0.1) is 34.2 Å². The Labute approximate surface area is 199 Å². The van der Waals surface area contributed by atoms with Gasteiger partial charge in [-0.05, 0) is 46.3 Å². The third-order valence-electron chi connectivity index (χ3n) is 5.65. The first-order valence-corrected chi connectivity index (χ1v) is 10.8. The molecule has 0 bridgehead atoms. The molecule has 174 valence electrons. The number of nitrogens with one attached hydrogen (secondary N) is 2. The second-order valence-electron chi connectivity index (χ2n) is 7.77. The van der Waals surface area contributed by atoms with Gasteiger partial charge in [0.2, 0.25) is 0 Å². The van der Waals surface area contributed by atoms with Crippen LogP contribution >= 0.6 is 24.0 Å². The van der Waals surface area contributed by atoms with Crippen LogP contribution in [-0.2, 0) is 18.3 Å². The van der Waals surface area contributed by atoms with Crippen molar-refractivity contribution in [3.8, 4) is 0 Å². The van der Waals surface area contributed by atoms with Crippen LogP contribution in [0.4, 0.5) is 0 Å². The third kappa shape index (κ3) is 9.03. The molecule has 30 heavy (non-hydrogen) atoms. The number of aliphatic imine (C=N–C) groups is 1. The summed E-state index contributed by atoms with van der Waals surface area (Å²) >= 11 is 0. The Morgan fingerprint density at radius 1 is 1.30 bits per heavy atom. The fourth-order valence-electron chi connectivity index (χ4n) is 3.63. The van der Waals surface area contributed by atoms with Crippen molar-refractivity contribution in [2.75, 3.05) is 60.0 Å². The summed E-state index contributed by atoms with van der Waals surface area (Å²) in [5, 5.41) is 15.4. The maximum absolute atomic E-state index is 5.13. The number of hydrogen-bond acceptors (Lipinski definition) is 6. The maximum Gasteiger partial charge on any atom is 0.191 e. The number of nitrogens with zero attached hydrogens (tertiary/aromatic N) is 6. The molecule has 1 aromatic heterocycles. The van der Waals surface area contributed by atoms with Gasteiger partial charge in [-0.25, -0.2) is 4.99 Å². The van der Waals surface area contributed by atoms with Gasteiger partial charge in [0.1, 0.15) is 12.4 Å². The summed E-state index contributed by atoms with van der Waals surface area (Å²) in [5.41, 5.74) is 0. The molecule has 2 N–H and O–H groups in total. The zero-order valence-corrected chi connectivity index (χ0v) is 21.7. The molecule has 0 radical (unpaired) electrons. The molecule has 9 nitrogen and oxygen atoms in total. The largest absolute Gasteiger partial charge is 0.385 e. The van der Waals surface area contributed by atoms with Gasteiger partial charge in [-0.1, -0.05) is 6.92 Å². The van der Waals surface area contributed by atoms with Crippen LogP contribution in [0.15, 0.2) is 4.99 Å². The van der Waals surface area contributed by atoms with Gasteiger partial charge in [0.05, 0.1) is 0 Å². The van der Waals surface area contributed by atoms with Gasteiger partial charge in [0.25, 0.3) is 0 Å². The Bertz CT molecular complexity index is 624. The molecule has 1 atom stereocenters. The SMILES string of the molecule is CCN1CCCC1CNC(=NCc1nnc(C)n1C)NCCN(C)CCCOC.I. The number of ether oxygens (including phenoxy) is 1. The second kappa shape index (κ2) is 14.9. The quantitative estimate of drug-likeness (QED) is 0.180. The summed E-state index contributed by atoms with van der Waals surface area (Å²) in [4.78, 5) is 9.62. The minimum atomic E-state index is 0. The van der Waals surface area contributed by atoms with Crippen molar-refractivity contribution in [3.05, 3.63) is 11.6 Å². The number of rotatable bonds is 12. The lowest BCUT2D eigenvalue weighted by Gasteiger charge is -2.24. The Morgan fingerprint density at radius 3 is 2.77 bits per heavy atom. The highest BCUT2D eigenvalue weighted by atomic mass is 127. The summed E-state index contributed by atoms with van der Waals surface area (Å²) < 4.78 is 7.12. The standard InChI is InChI=1S/C20H40N8O.HI/c1-6-28-12-7-9-18(28)15-22-20(21-10-13-26(3)11-8-14-29-5)23-16-19-25-24-17(2)27(19)4;/h18H,6-16H2,1-5H3,(H2,21,22,23);1H. The molecular formula is C20H41IN8O. The molecular weight excluding hydrogens is 495 g/mol. The van der Waals surface area contributed by atoms with Crippen LogP contribution in [0.2, 0.25) is 0 Å². The van der Waals surface area contributed by atoms with E-state index in [1.807, 2.05) is 18.5 Å². The van der Waals surface area contributed by atoms with Crippen LogP contribution in [-0.4, -0.2) is 96.6 Å². The van der Waals surface area contributed by atoms with E-state index in [2.05, 4.69) is 44.6 Å². The molecule has 1 unspecified atom stereocenters. The lowest BCUT2D eigenvalue weighted by Crippen LogP contribution is -2.46. The van der Waals surface area contributed by atoms with Crippen LogP contribution in [0.3, 0.4) is 0 Å². The molecule has 2 rings (SSSR count). The molecule has 0 aliphatic carbocycles. The molecule has 1 aliphatic rings. The van der Waals surface area contributed by atoms with Crippen LogP contribution in [0.25, 0.3) is 0 Å². The van der Waals surface area contributed by atoms with Crippen molar-refractivity contribution in [2.24, 2.45) is 12.0 Å². The van der Waals surface area contributed by atoms with Crippen molar-refractivity contribution in [3.63, 3.8) is 0 Å². The van der Waals surface area contributed by atoms with Gasteiger partial charge < -0.3 is 24.8 Å². The number of methoxy groups -OCH3 is 1. The van der Waals surface area contributed by atoms with Crippen LogP contribution in [0.5, 0.6) is 0 Å². The van der Waals surface area contributed by atoms with Crippen molar-refractivity contribution < 1.29 is 4.74 Å². The molecule has 0 aromatic carbocycles. The van der Waals surface area contributed by atoms with E-state index in [4.69, 9.17) is 9.73 Å². The monoisotopic (exact) mass is 536 g/mol. The molecule has 0 amide bonds.